The zero-order valence-electron chi connectivity index (χ0n) is 18.1. The van der Waals surface area contributed by atoms with Gasteiger partial charge in [0.05, 0.1) is 31.8 Å². The van der Waals surface area contributed by atoms with Gasteiger partial charge in [-0.15, -0.1) is 0 Å². The molecule has 0 aliphatic carbocycles. The molecular formula is C21H23F6N3O4. The van der Waals surface area contributed by atoms with Crippen LogP contribution in [0.2, 0.25) is 0 Å². The fourth-order valence-electron chi connectivity index (χ4n) is 4.28. The molecule has 3 aliphatic heterocycles. The summed E-state index contributed by atoms with van der Waals surface area (Å²) in [5.74, 6) is -4.74. The van der Waals surface area contributed by atoms with Gasteiger partial charge in [-0.3, -0.25) is 4.79 Å². The number of carbonyl (C=O) groups is 2. The molecule has 3 amide bonds. The number of urea groups is 1. The highest BCUT2D eigenvalue weighted by molar-refractivity contribution is 5.79. The molecular weight excluding hydrogens is 472 g/mol. The lowest BCUT2D eigenvalue weighted by molar-refractivity contribution is -0.316. The van der Waals surface area contributed by atoms with Crippen LogP contribution in [0.25, 0.3) is 0 Å². The number of carbonyl (C=O) groups excluding carboxylic acids is 2. The molecule has 1 aromatic carbocycles. The maximum Gasteiger partial charge on any atom is 0.420 e. The first-order chi connectivity index (χ1) is 15.8. The van der Waals surface area contributed by atoms with Gasteiger partial charge in [-0.1, -0.05) is 12.1 Å². The van der Waals surface area contributed by atoms with Gasteiger partial charge in [-0.25, -0.2) is 18.0 Å². The minimum Gasteiger partial charge on any atom is -0.366 e. The van der Waals surface area contributed by atoms with Gasteiger partial charge >= 0.3 is 12.2 Å². The number of rotatable bonds is 4. The van der Waals surface area contributed by atoms with E-state index in [1.165, 1.54) is 4.90 Å². The summed E-state index contributed by atoms with van der Waals surface area (Å²) in [4.78, 5) is 26.6. The molecule has 34 heavy (non-hydrogen) atoms. The second-order valence-electron chi connectivity index (χ2n) is 8.87. The normalized spacial score (nSPS) is 24.9. The largest absolute Gasteiger partial charge is 0.420 e. The van der Waals surface area contributed by atoms with Crippen LogP contribution in [-0.4, -0.2) is 78.4 Å². The van der Waals surface area contributed by atoms with Gasteiger partial charge in [0.25, 0.3) is 5.92 Å². The van der Waals surface area contributed by atoms with Gasteiger partial charge < -0.3 is 24.6 Å². The second kappa shape index (κ2) is 8.59. The molecule has 0 unspecified atom stereocenters. The van der Waals surface area contributed by atoms with E-state index < -0.39 is 60.8 Å². The standard InChI is InChI=1S/C21H23F6N3O4/c1-19(23,24)13-3-2-12(14(22)6-13)8-34-20(21(25,26)27)10-30(11-20)18(32)29-5-4-16-15(7-29)28-17(31)9-33-16/h2-3,6,15-16H,4-5,7-11H2,1H3,(H,28,31)/t15-,16+/m1/s1. The number of hydrogen-bond acceptors (Lipinski definition) is 4. The number of fused-ring (bicyclic) bond motifs is 1. The number of halogens is 6. The van der Waals surface area contributed by atoms with Crippen molar-refractivity contribution in [2.24, 2.45) is 0 Å². The molecule has 188 valence electrons. The number of nitrogens with zero attached hydrogens (tertiary/aromatic N) is 2. The molecule has 0 saturated carbocycles. The molecule has 3 aliphatic rings. The highest BCUT2D eigenvalue weighted by Crippen LogP contribution is 2.42. The van der Waals surface area contributed by atoms with Crippen LogP contribution in [0.3, 0.4) is 0 Å². The molecule has 2 atom stereocenters. The van der Waals surface area contributed by atoms with E-state index in [4.69, 9.17) is 9.47 Å². The van der Waals surface area contributed by atoms with E-state index in [9.17, 15) is 35.9 Å². The Morgan fingerprint density at radius 3 is 2.56 bits per heavy atom. The lowest BCUT2D eigenvalue weighted by Gasteiger charge is -2.52. The Morgan fingerprint density at radius 1 is 1.24 bits per heavy atom. The molecule has 3 heterocycles. The lowest BCUT2D eigenvalue weighted by atomic mass is 9.92. The fourth-order valence-corrected chi connectivity index (χ4v) is 4.28. The zero-order valence-corrected chi connectivity index (χ0v) is 18.1. The number of alkyl halides is 5. The summed E-state index contributed by atoms with van der Waals surface area (Å²) >= 11 is 0. The van der Waals surface area contributed by atoms with Crippen molar-refractivity contribution in [1.29, 1.82) is 0 Å². The highest BCUT2D eigenvalue weighted by Gasteiger charge is 2.64. The van der Waals surface area contributed by atoms with Gasteiger partial charge in [0.15, 0.2) is 5.60 Å². The number of hydrogen-bond donors (Lipinski definition) is 1. The monoisotopic (exact) mass is 495 g/mol. The van der Waals surface area contributed by atoms with Crippen molar-refractivity contribution in [2.45, 2.75) is 49.8 Å². The number of ether oxygens (including phenoxy) is 2. The van der Waals surface area contributed by atoms with E-state index >= 15 is 0 Å². The van der Waals surface area contributed by atoms with Crippen molar-refractivity contribution in [2.75, 3.05) is 32.8 Å². The van der Waals surface area contributed by atoms with Crippen LogP contribution in [0, 0.1) is 5.82 Å². The summed E-state index contributed by atoms with van der Waals surface area (Å²) in [5, 5.41) is 2.71. The maximum absolute atomic E-state index is 14.2. The number of morpholine rings is 1. The average molecular weight is 495 g/mol. The van der Waals surface area contributed by atoms with Gasteiger partial charge in [-0.2, -0.15) is 13.2 Å². The molecule has 3 fully saturated rings. The lowest BCUT2D eigenvalue weighted by Crippen LogP contribution is -2.73. The smallest absolute Gasteiger partial charge is 0.366 e. The second-order valence-corrected chi connectivity index (χ2v) is 8.87. The molecule has 7 nitrogen and oxygen atoms in total. The summed E-state index contributed by atoms with van der Waals surface area (Å²) < 4.78 is 92.7. The molecule has 1 N–H and O–H groups in total. The predicted octanol–water partition coefficient (Wildman–Crippen LogP) is 2.78. The molecule has 0 spiro atoms. The highest BCUT2D eigenvalue weighted by atomic mass is 19.4. The molecule has 4 rings (SSSR count). The van der Waals surface area contributed by atoms with Crippen LogP contribution in [-0.2, 0) is 26.8 Å². The molecule has 0 bridgehead atoms. The summed E-state index contributed by atoms with van der Waals surface area (Å²) in [5.41, 5.74) is -3.62. The third-order valence-corrected chi connectivity index (χ3v) is 6.34. The van der Waals surface area contributed by atoms with E-state index in [2.05, 4.69) is 5.32 Å². The Kier molecular flexibility index (Phi) is 6.21. The topological polar surface area (TPSA) is 71.1 Å². The quantitative estimate of drug-likeness (QED) is 0.653. The van der Waals surface area contributed by atoms with E-state index in [1.807, 2.05) is 0 Å². The molecule has 13 heteroatoms. The first-order valence-corrected chi connectivity index (χ1v) is 10.6. The number of piperidine rings is 1. The Labute approximate surface area is 191 Å². The third-order valence-electron chi connectivity index (χ3n) is 6.34. The van der Waals surface area contributed by atoms with Crippen LogP contribution < -0.4 is 5.32 Å². The maximum atomic E-state index is 14.2. The molecule has 3 saturated heterocycles. The predicted molar refractivity (Wildman–Crippen MR) is 104 cm³/mol. The number of amides is 3. The van der Waals surface area contributed by atoms with E-state index in [1.54, 1.807) is 0 Å². The van der Waals surface area contributed by atoms with E-state index in [0.717, 1.165) is 17.0 Å². The van der Waals surface area contributed by atoms with Crippen LogP contribution in [0.1, 0.15) is 24.5 Å². The molecule has 0 aromatic heterocycles. The minimum absolute atomic E-state index is 0.0725. The van der Waals surface area contributed by atoms with E-state index in [-0.39, 0.29) is 37.3 Å². The Balaban J connectivity index is 1.39. The van der Waals surface area contributed by atoms with Crippen molar-refractivity contribution in [3.63, 3.8) is 0 Å². The average Bonchev–Trinajstić information content (AvgIpc) is 2.71. The number of likely N-dealkylation sites (tertiary alicyclic amines) is 2. The van der Waals surface area contributed by atoms with Crippen molar-refractivity contribution < 1.29 is 45.4 Å². The first kappa shape index (κ1) is 24.6. The van der Waals surface area contributed by atoms with Crippen LogP contribution in [0.4, 0.5) is 31.1 Å². The fraction of sp³-hybridized carbons (Fsp3) is 0.619. The van der Waals surface area contributed by atoms with Gasteiger partial charge in [0, 0.05) is 31.1 Å². The van der Waals surface area contributed by atoms with Crippen molar-refractivity contribution >= 4 is 11.9 Å². The zero-order chi connectivity index (χ0) is 24.9. The Bertz CT molecular complexity index is 961. The van der Waals surface area contributed by atoms with Gasteiger partial charge in [0.2, 0.25) is 5.91 Å². The van der Waals surface area contributed by atoms with Gasteiger partial charge in [0.1, 0.15) is 12.4 Å². The van der Waals surface area contributed by atoms with Crippen molar-refractivity contribution in [1.82, 2.24) is 15.1 Å². The van der Waals surface area contributed by atoms with Crippen molar-refractivity contribution in [3.05, 3.63) is 35.1 Å². The van der Waals surface area contributed by atoms with Crippen LogP contribution >= 0.6 is 0 Å². The summed E-state index contributed by atoms with van der Waals surface area (Å²) in [6.07, 6.45) is -4.68. The third kappa shape index (κ3) is 4.67. The SMILES string of the molecule is CC(F)(F)c1ccc(COC2(C(F)(F)F)CN(C(=O)N3CC[C@@H]4OCC(=O)N[C@@H]4C3)C2)c(F)c1. The Morgan fingerprint density at radius 2 is 1.94 bits per heavy atom. The summed E-state index contributed by atoms with van der Waals surface area (Å²) in [6.45, 7) is -1.53. The van der Waals surface area contributed by atoms with Crippen molar-refractivity contribution in [3.8, 4) is 0 Å². The summed E-state index contributed by atoms with van der Waals surface area (Å²) in [7, 11) is 0. The number of nitrogens with one attached hydrogen (secondary N) is 1. The van der Waals surface area contributed by atoms with Gasteiger partial charge in [-0.05, 0) is 12.5 Å². The Hall–Kier alpha value is -2.54. The van der Waals surface area contributed by atoms with Crippen LogP contribution in [0.5, 0.6) is 0 Å². The van der Waals surface area contributed by atoms with Crippen LogP contribution in [0.15, 0.2) is 18.2 Å². The first-order valence-electron chi connectivity index (χ1n) is 10.6. The minimum atomic E-state index is -4.85. The van der Waals surface area contributed by atoms with E-state index in [0.29, 0.717) is 19.4 Å². The summed E-state index contributed by atoms with van der Waals surface area (Å²) in [6, 6.07) is 1.37. The molecule has 1 aromatic rings. The molecule has 0 radical (unpaired) electrons. The number of benzene rings is 1.